The van der Waals surface area contributed by atoms with Crippen molar-refractivity contribution in [3.63, 3.8) is 0 Å². The summed E-state index contributed by atoms with van der Waals surface area (Å²) < 4.78 is 46.2. The Balaban J connectivity index is 1.42. The second-order valence-corrected chi connectivity index (χ2v) is 9.11. The Kier molecular flexibility index (Phi) is 8.25. The number of nitrogens with zero attached hydrogens (tertiary/aromatic N) is 7. The molecular weight excluding hydrogens is 535 g/mol. The molecule has 0 fully saturated rings. The summed E-state index contributed by atoms with van der Waals surface area (Å²) in [7, 11) is 1.77. The number of hydrogen-bond donors (Lipinski definition) is 2. The van der Waals surface area contributed by atoms with Gasteiger partial charge in [-0.15, -0.1) is 0 Å². The molecule has 0 aliphatic carbocycles. The molecule has 4 aromatic rings. The first-order valence-corrected chi connectivity index (χ1v) is 12.1. The van der Waals surface area contributed by atoms with Crippen molar-refractivity contribution >= 4 is 23.1 Å². The summed E-state index contributed by atoms with van der Waals surface area (Å²) in [5.41, 5.74) is 8.70. The highest BCUT2D eigenvalue weighted by atomic mass is 35.5. The Morgan fingerprint density at radius 2 is 2.03 bits per heavy atom. The van der Waals surface area contributed by atoms with Gasteiger partial charge in [0.1, 0.15) is 23.1 Å². The molecule has 39 heavy (non-hydrogen) atoms. The summed E-state index contributed by atoms with van der Waals surface area (Å²) in [4.78, 5) is 12.7. The minimum absolute atomic E-state index is 0.0695. The number of hydrogen-bond acceptors (Lipinski definition) is 8. The molecule has 0 aromatic carbocycles. The van der Waals surface area contributed by atoms with Gasteiger partial charge in [0.25, 0.3) is 0 Å². The lowest BCUT2D eigenvalue weighted by atomic mass is 10.2. The van der Waals surface area contributed by atoms with E-state index in [1.807, 2.05) is 13.8 Å². The van der Waals surface area contributed by atoms with Gasteiger partial charge in [-0.1, -0.05) is 23.4 Å². The fourth-order valence-electron chi connectivity index (χ4n) is 3.71. The molecule has 4 rings (SSSR count). The predicted molar refractivity (Wildman–Crippen MR) is 140 cm³/mol. The average Bonchev–Trinajstić information content (AvgIpc) is 3.40. The first-order valence-electron chi connectivity index (χ1n) is 11.8. The standard InChI is InChI=1S/C25H25ClF3N9O/c1-15(7-9-39-24-22(16(2)36-37(24)3)23-31-8-6-21(30)35-23)34-19-10-20(26)32-12-18(19)5-4-17-11-33-38(13-17)14-25(27,28)29/h6,8,10-13,15H,7,9,14H2,1-3H3,(H,32,34)(H2,30,31,35)/t15-/m0/s1. The highest BCUT2D eigenvalue weighted by Gasteiger charge is 2.28. The molecule has 10 nitrogen and oxygen atoms in total. The molecule has 14 heteroatoms. The Morgan fingerprint density at radius 3 is 2.77 bits per heavy atom. The van der Waals surface area contributed by atoms with E-state index < -0.39 is 12.7 Å². The molecule has 4 aromatic heterocycles. The molecule has 0 saturated heterocycles. The molecule has 0 aliphatic heterocycles. The van der Waals surface area contributed by atoms with Crippen molar-refractivity contribution in [1.29, 1.82) is 0 Å². The molecular formula is C25H25ClF3N9O. The highest BCUT2D eigenvalue weighted by molar-refractivity contribution is 6.29. The van der Waals surface area contributed by atoms with Gasteiger partial charge in [-0.05, 0) is 26.0 Å². The van der Waals surface area contributed by atoms with Crippen LogP contribution in [-0.2, 0) is 13.6 Å². The van der Waals surface area contributed by atoms with Crippen LogP contribution in [-0.4, -0.2) is 53.3 Å². The van der Waals surface area contributed by atoms with Crippen LogP contribution in [0, 0.1) is 18.8 Å². The van der Waals surface area contributed by atoms with E-state index in [-0.39, 0.29) is 11.2 Å². The van der Waals surface area contributed by atoms with Crippen LogP contribution in [0.5, 0.6) is 5.88 Å². The number of ether oxygens (including phenoxy) is 1. The maximum Gasteiger partial charge on any atom is 0.408 e. The fraction of sp³-hybridized carbons (Fsp3) is 0.320. The van der Waals surface area contributed by atoms with E-state index in [0.29, 0.717) is 58.6 Å². The van der Waals surface area contributed by atoms with Crippen LogP contribution in [0.3, 0.4) is 0 Å². The van der Waals surface area contributed by atoms with Gasteiger partial charge >= 0.3 is 6.18 Å². The topological polar surface area (TPSA) is 122 Å². The first kappa shape index (κ1) is 27.7. The molecule has 0 radical (unpaired) electrons. The van der Waals surface area contributed by atoms with Gasteiger partial charge in [0.05, 0.1) is 35.3 Å². The third-order valence-electron chi connectivity index (χ3n) is 5.45. The van der Waals surface area contributed by atoms with E-state index in [9.17, 15) is 13.2 Å². The molecule has 0 aliphatic rings. The number of nitrogen functional groups attached to an aromatic ring is 1. The molecule has 204 valence electrons. The summed E-state index contributed by atoms with van der Waals surface area (Å²) in [6.07, 6.45) is 1.82. The van der Waals surface area contributed by atoms with Crippen molar-refractivity contribution in [3.05, 3.63) is 58.9 Å². The van der Waals surface area contributed by atoms with Crippen LogP contribution in [0.4, 0.5) is 24.7 Å². The number of aromatic nitrogens is 7. The third-order valence-corrected chi connectivity index (χ3v) is 5.66. The van der Waals surface area contributed by atoms with Crippen LogP contribution in [0.25, 0.3) is 11.4 Å². The van der Waals surface area contributed by atoms with Crippen LogP contribution < -0.4 is 15.8 Å². The minimum atomic E-state index is -4.37. The fourth-order valence-corrected chi connectivity index (χ4v) is 3.87. The monoisotopic (exact) mass is 559 g/mol. The van der Waals surface area contributed by atoms with Gasteiger partial charge in [0.15, 0.2) is 5.82 Å². The quantitative estimate of drug-likeness (QED) is 0.243. The van der Waals surface area contributed by atoms with Crippen LogP contribution in [0.1, 0.15) is 30.2 Å². The number of nitrogens with two attached hydrogens (primary N) is 1. The summed E-state index contributed by atoms with van der Waals surface area (Å²) in [6.45, 7) is 2.97. The Hall–Kier alpha value is -4.31. The van der Waals surface area contributed by atoms with Gasteiger partial charge in [-0.3, -0.25) is 4.68 Å². The van der Waals surface area contributed by atoms with E-state index in [1.165, 1.54) is 18.6 Å². The third kappa shape index (κ3) is 7.38. The Bertz CT molecular complexity index is 1520. The van der Waals surface area contributed by atoms with Gasteiger partial charge in [0.2, 0.25) is 5.88 Å². The lowest BCUT2D eigenvalue weighted by Gasteiger charge is -2.17. The zero-order valence-electron chi connectivity index (χ0n) is 21.3. The predicted octanol–water partition coefficient (Wildman–Crippen LogP) is 4.24. The van der Waals surface area contributed by atoms with Crippen molar-refractivity contribution in [2.45, 2.75) is 39.0 Å². The van der Waals surface area contributed by atoms with Crippen molar-refractivity contribution in [1.82, 2.24) is 34.5 Å². The lowest BCUT2D eigenvalue weighted by Crippen LogP contribution is -2.19. The summed E-state index contributed by atoms with van der Waals surface area (Å²) in [5.74, 6) is 7.04. The smallest absolute Gasteiger partial charge is 0.408 e. The number of alkyl halides is 3. The van der Waals surface area contributed by atoms with Gasteiger partial charge in [-0.25, -0.2) is 19.6 Å². The average molecular weight is 560 g/mol. The Morgan fingerprint density at radius 1 is 1.23 bits per heavy atom. The molecule has 0 bridgehead atoms. The zero-order chi connectivity index (χ0) is 28.2. The van der Waals surface area contributed by atoms with Crippen molar-refractivity contribution in [2.75, 3.05) is 17.7 Å². The summed E-state index contributed by atoms with van der Waals surface area (Å²) >= 11 is 6.10. The van der Waals surface area contributed by atoms with Gasteiger partial charge in [0, 0.05) is 38.1 Å². The number of halogens is 4. The van der Waals surface area contributed by atoms with E-state index in [0.717, 1.165) is 4.68 Å². The maximum atomic E-state index is 12.6. The van der Waals surface area contributed by atoms with Crippen LogP contribution in [0.15, 0.2) is 36.9 Å². The molecule has 0 unspecified atom stereocenters. The molecule has 4 heterocycles. The van der Waals surface area contributed by atoms with Gasteiger partial charge < -0.3 is 15.8 Å². The summed E-state index contributed by atoms with van der Waals surface area (Å²) in [5, 5.41) is 11.7. The SMILES string of the molecule is Cc1nn(C)c(OCC[C@H](C)Nc2cc(Cl)ncc2C#Cc2cnn(CC(F)(F)F)c2)c1-c1nccc(N)n1. The highest BCUT2D eigenvalue weighted by Crippen LogP contribution is 2.31. The van der Waals surface area contributed by atoms with Gasteiger partial charge in [-0.2, -0.15) is 23.4 Å². The Labute approximate surface area is 227 Å². The molecule has 0 spiro atoms. The number of nitrogens with one attached hydrogen (secondary N) is 1. The molecule has 0 saturated carbocycles. The molecule has 3 N–H and O–H groups in total. The van der Waals surface area contributed by atoms with E-state index in [2.05, 4.69) is 42.3 Å². The van der Waals surface area contributed by atoms with Crippen molar-refractivity contribution < 1.29 is 17.9 Å². The number of pyridine rings is 1. The normalized spacial score (nSPS) is 12.1. The van der Waals surface area contributed by atoms with Crippen molar-refractivity contribution in [3.8, 4) is 29.1 Å². The second kappa shape index (κ2) is 11.6. The molecule has 0 amide bonds. The zero-order valence-corrected chi connectivity index (χ0v) is 22.0. The second-order valence-electron chi connectivity index (χ2n) is 8.72. The maximum absolute atomic E-state index is 12.6. The number of aryl methyl sites for hydroxylation is 2. The number of rotatable bonds is 8. The number of anilines is 2. The largest absolute Gasteiger partial charge is 0.477 e. The van der Waals surface area contributed by atoms with Crippen LogP contribution >= 0.6 is 11.6 Å². The van der Waals surface area contributed by atoms with E-state index >= 15 is 0 Å². The van der Waals surface area contributed by atoms with E-state index in [1.54, 1.807) is 30.1 Å². The van der Waals surface area contributed by atoms with Crippen LogP contribution in [0.2, 0.25) is 5.15 Å². The summed E-state index contributed by atoms with van der Waals surface area (Å²) in [6, 6.07) is 3.17. The van der Waals surface area contributed by atoms with E-state index in [4.69, 9.17) is 22.1 Å². The lowest BCUT2D eigenvalue weighted by molar-refractivity contribution is -0.142. The molecule has 1 atom stereocenters. The van der Waals surface area contributed by atoms with Crippen molar-refractivity contribution in [2.24, 2.45) is 7.05 Å². The first-order chi connectivity index (χ1) is 18.5. The minimum Gasteiger partial charge on any atom is -0.477 e.